The second kappa shape index (κ2) is 12.5. The highest BCUT2D eigenvalue weighted by molar-refractivity contribution is 5.98. The van der Waals surface area contributed by atoms with E-state index in [2.05, 4.69) is 5.32 Å². The van der Waals surface area contributed by atoms with Gasteiger partial charge in [-0.05, 0) is 36.4 Å². The molecule has 0 aliphatic heterocycles. The monoisotopic (exact) mass is 420 g/mol. The van der Waals surface area contributed by atoms with Gasteiger partial charge in [-0.1, -0.05) is 6.07 Å². The van der Waals surface area contributed by atoms with E-state index in [4.69, 9.17) is 24.7 Å². The van der Waals surface area contributed by atoms with E-state index >= 15 is 0 Å². The molecule has 0 aliphatic carbocycles. The summed E-state index contributed by atoms with van der Waals surface area (Å²) >= 11 is 0. The predicted octanol–water partition coefficient (Wildman–Crippen LogP) is 0.925. The zero-order valence-corrected chi connectivity index (χ0v) is 16.9. The molecule has 1 atom stereocenters. The third-order valence-electron chi connectivity index (χ3n) is 3.99. The van der Waals surface area contributed by atoms with E-state index in [1.54, 1.807) is 43.5 Å². The summed E-state index contributed by atoms with van der Waals surface area (Å²) in [5.41, 5.74) is 5.19. The number of carbonyl (C=O) groups excluding carboxylic acids is 1. The summed E-state index contributed by atoms with van der Waals surface area (Å²) in [7, 11) is 1.61. The molecular formula is C21H28N2O7. The molecule has 0 spiro atoms. The molecule has 0 saturated carbocycles. The van der Waals surface area contributed by atoms with E-state index in [0.717, 1.165) is 0 Å². The average Bonchev–Trinajstić information content (AvgIpc) is 2.73. The Balaban J connectivity index is 1.63. The fraction of sp³-hybridized carbons (Fsp3) is 0.381. The first-order valence-electron chi connectivity index (χ1n) is 9.49. The molecule has 5 N–H and O–H groups in total. The Morgan fingerprint density at radius 2 is 1.73 bits per heavy atom. The number of primary amides is 1. The number of phenols is 1. The number of nitrogens with two attached hydrogens (primary N) is 1. The van der Waals surface area contributed by atoms with E-state index < -0.39 is 12.0 Å². The summed E-state index contributed by atoms with van der Waals surface area (Å²) in [6.45, 7) is 2.05. The normalized spacial score (nSPS) is 11.7. The van der Waals surface area contributed by atoms with Gasteiger partial charge in [0.05, 0.1) is 6.61 Å². The SMILES string of the molecule is COCCOc1ccc(OCC(O)CNCCOc2cccc(O)c2C(N)=O)cc1. The summed E-state index contributed by atoms with van der Waals surface area (Å²) < 4.78 is 21.4. The summed E-state index contributed by atoms with van der Waals surface area (Å²) in [5, 5.41) is 22.7. The second-order valence-electron chi connectivity index (χ2n) is 6.34. The van der Waals surface area contributed by atoms with Crippen LogP contribution in [0.4, 0.5) is 0 Å². The highest BCUT2D eigenvalue weighted by Crippen LogP contribution is 2.26. The zero-order valence-electron chi connectivity index (χ0n) is 16.9. The van der Waals surface area contributed by atoms with Gasteiger partial charge in [-0.15, -0.1) is 0 Å². The van der Waals surface area contributed by atoms with Gasteiger partial charge in [0, 0.05) is 20.2 Å². The van der Waals surface area contributed by atoms with Gasteiger partial charge < -0.3 is 40.2 Å². The molecule has 0 aliphatic rings. The van der Waals surface area contributed by atoms with Crippen LogP contribution < -0.4 is 25.3 Å². The molecule has 1 unspecified atom stereocenters. The molecule has 2 rings (SSSR count). The van der Waals surface area contributed by atoms with Crippen LogP contribution in [-0.2, 0) is 4.74 Å². The van der Waals surface area contributed by atoms with Gasteiger partial charge in [0.1, 0.15) is 54.5 Å². The lowest BCUT2D eigenvalue weighted by molar-refractivity contribution is 0.0993. The Morgan fingerprint density at radius 1 is 1.03 bits per heavy atom. The van der Waals surface area contributed by atoms with Crippen LogP contribution in [0.3, 0.4) is 0 Å². The molecule has 2 aromatic rings. The average molecular weight is 420 g/mol. The molecule has 0 fully saturated rings. The van der Waals surface area contributed by atoms with Gasteiger partial charge in [-0.2, -0.15) is 0 Å². The third-order valence-corrected chi connectivity index (χ3v) is 3.99. The van der Waals surface area contributed by atoms with E-state index in [1.807, 2.05) is 0 Å². The number of amides is 1. The lowest BCUT2D eigenvalue weighted by Crippen LogP contribution is -2.33. The summed E-state index contributed by atoms with van der Waals surface area (Å²) in [4.78, 5) is 11.4. The van der Waals surface area contributed by atoms with Crippen LogP contribution in [0.5, 0.6) is 23.0 Å². The van der Waals surface area contributed by atoms with Gasteiger partial charge >= 0.3 is 0 Å². The number of methoxy groups -OCH3 is 1. The number of carbonyl (C=O) groups is 1. The predicted molar refractivity (Wildman–Crippen MR) is 110 cm³/mol. The highest BCUT2D eigenvalue weighted by Gasteiger charge is 2.14. The quantitative estimate of drug-likeness (QED) is 0.332. The van der Waals surface area contributed by atoms with E-state index in [-0.39, 0.29) is 30.3 Å². The lowest BCUT2D eigenvalue weighted by Gasteiger charge is -2.14. The topological polar surface area (TPSA) is 132 Å². The number of benzene rings is 2. The van der Waals surface area contributed by atoms with Crippen LogP contribution in [0.25, 0.3) is 0 Å². The minimum atomic E-state index is -0.766. The Hall–Kier alpha value is -3.01. The van der Waals surface area contributed by atoms with Gasteiger partial charge in [0.15, 0.2) is 0 Å². The molecular weight excluding hydrogens is 392 g/mol. The third kappa shape index (κ3) is 7.78. The van der Waals surface area contributed by atoms with Crippen molar-refractivity contribution < 1.29 is 34.0 Å². The lowest BCUT2D eigenvalue weighted by atomic mass is 10.1. The summed E-state index contributed by atoms with van der Waals surface area (Å²) in [6.07, 6.45) is -0.718. The van der Waals surface area contributed by atoms with Crippen molar-refractivity contribution in [3.8, 4) is 23.0 Å². The summed E-state index contributed by atoms with van der Waals surface area (Å²) in [5.74, 6) is 0.559. The standard InChI is InChI=1S/C21H28N2O7/c1-27-11-12-28-16-5-7-17(8-6-16)30-14-15(24)13-23-9-10-29-19-4-2-3-18(25)20(19)21(22)26/h2-8,15,23-25H,9-14H2,1H3,(H2,22,26). The van der Waals surface area contributed by atoms with Gasteiger partial charge in [-0.3, -0.25) is 4.79 Å². The number of nitrogens with one attached hydrogen (secondary N) is 1. The van der Waals surface area contributed by atoms with E-state index in [9.17, 15) is 15.0 Å². The van der Waals surface area contributed by atoms with Gasteiger partial charge in [-0.25, -0.2) is 0 Å². The van der Waals surface area contributed by atoms with Crippen LogP contribution in [0.2, 0.25) is 0 Å². The Bertz CT molecular complexity index is 783. The number of hydrogen-bond acceptors (Lipinski definition) is 8. The van der Waals surface area contributed by atoms with E-state index in [1.165, 1.54) is 6.07 Å². The first-order valence-corrected chi connectivity index (χ1v) is 9.49. The van der Waals surface area contributed by atoms with Crippen molar-refractivity contribution in [3.05, 3.63) is 48.0 Å². The molecule has 9 heteroatoms. The number of ether oxygens (including phenoxy) is 4. The molecule has 9 nitrogen and oxygen atoms in total. The van der Waals surface area contributed by atoms with Crippen molar-refractivity contribution in [1.29, 1.82) is 0 Å². The fourth-order valence-electron chi connectivity index (χ4n) is 2.52. The minimum absolute atomic E-state index is 0.0546. The first-order chi connectivity index (χ1) is 14.5. The number of aliphatic hydroxyl groups excluding tert-OH is 1. The highest BCUT2D eigenvalue weighted by atomic mass is 16.5. The van der Waals surface area contributed by atoms with Crippen LogP contribution in [0, 0.1) is 0 Å². The second-order valence-corrected chi connectivity index (χ2v) is 6.34. The Labute approximate surface area is 175 Å². The maximum Gasteiger partial charge on any atom is 0.256 e. The molecule has 0 aromatic heterocycles. The Morgan fingerprint density at radius 3 is 2.40 bits per heavy atom. The van der Waals surface area contributed by atoms with Crippen LogP contribution in [-0.4, -0.2) is 68.9 Å². The van der Waals surface area contributed by atoms with E-state index in [0.29, 0.717) is 37.8 Å². The van der Waals surface area contributed by atoms with Crippen molar-refractivity contribution in [2.45, 2.75) is 6.10 Å². The van der Waals surface area contributed by atoms with Crippen molar-refractivity contribution >= 4 is 5.91 Å². The number of aliphatic hydroxyl groups is 1. The molecule has 0 saturated heterocycles. The van der Waals surface area contributed by atoms with Crippen molar-refractivity contribution in [2.24, 2.45) is 5.73 Å². The minimum Gasteiger partial charge on any atom is -0.507 e. The van der Waals surface area contributed by atoms with Gasteiger partial charge in [0.25, 0.3) is 5.91 Å². The smallest absolute Gasteiger partial charge is 0.256 e. The fourth-order valence-corrected chi connectivity index (χ4v) is 2.52. The van der Waals surface area contributed by atoms with Crippen LogP contribution >= 0.6 is 0 Å². The Kier molecular flexibility index (Phi) is 9.72. The molecule has 30 heavy (non-hydrogen) atoms. The number of aromatic hydroxyl groups is 1. The van der Waals surface area contributed by atoms with Gasteiger partial charge in [0.2, 0.25) is 0 Å². The molecule has 1 amide bonds. The maximum absolute atomic E-state index is 11.4. The van der Waals surface area contributed by atoms with Crippen LogP contribution in [0.1, 0.15) is 10.4 Å². The zero-order chi connectivity index (χ0) is 21.8. The first kappa shape index (κ1) is 23.3. The molecule has 0 bridgehead atoms. The largest absolute Gasteiger partial charge is 0.507 e. The summed E-state index contributed by atoms with van der Waals surface area (Å²) in [6, 6.07) is 11.6. The van der Waals surface area contributed by atoms with Crippen molar-refractivity contribution in [1.82, 2.24) is 5.32 Å². The van der Waals surface area contributed by atoms with Crippen molar-refractivity contribution in [3.63, 3.8) is 0 Å². The molecule has 2 aromatic carbocycles. The number of hydrogen-bond donors (Lipinski definition) is 4. The number of rotatable bonds is 14. The molecule has 164 valence electrons. The van der Waals surface area contributed by atoms with Crippen LogP contribution in [0.15, 0.2) is 42.5 Å². The molecule has 0 radical (unpaired) electrons. The maximum atomic E-state index is 11.4. The molecule has 0 heterocycles. The van der Waals surface area contributed by atoms with Crippen molar-refractivity contribution in [2.75, 3.05) is 46.6 Å².